The van der Waals surface area contributed by atoms with Crippen LogP contribution >= 0.6 is 0 Å². The van der Waals surface area contributed by atoms with Crippen LogP contribution in [0.4, 0.5) is 0 Å². The number of rotatable bonds is 4. The van der Waals surface area contributed by atoms with Gasteiger partial charge in [-0.1, -0.05) is 44.2 Å². The predicted molar refractivity (Wildman–Crippen MR) is 117 cm³/mol. The van der Waals surface area contributed by atoms with Gasteiger partial charge in [-0.25, -0.2) is 0 Å². The third kappa shape index (κ3) is 3.30. The molecule has 0 saturated carbocycles. The van der Waals surface area contributed by atoms with Crippen LogP contribution in [0.25, 0.3) is 10.9 Å². The Morgan fingerprint density at radius 3 is 2.59 bits per heavy atom. The molecule has 2 aromatic carbocycles. The van der Waals surface area contributed by atoms with Crippen LogP contribution < -0.4 is 4.74 Å². The highest BCUT2D eigenvalue weighted by atomic mass is 16.5. The molecule has 4 rings (SSSR count). The number of nitrogens with zero attached hydrogens (tertiary/aromatic N) is 2. The number of methoxy groups -OCH3 is 1. The van der Waals surface area contributed by atoms with E-state index in [4.69, 9.17) is 9.72 Å². The molecule has 1 aliphatic rings. The van der Waals surface area contributed by atoms with Crippen molar-refractivity contribution in [3.8, 4) is 5.75 Å². The number of hydrogen-bond donors (Lipinski definition) is 1. The monoisotopic (exact) mass is 390 g/mol. The summed E-state index contributed by atoms with van der Waals surface area (Å²) in [5.41, 5.74) is 2.43. The van der Waals surface area contributed by atoms with Crippen LogP contribution in [0.5, 0.6) is 5.75 Å². The van der Waals surface area contributed by atoms with E-state index in [1.807, 2.05) is 42.5 Å². The zero-order valence-electron chi connectivity index (χ0n) is 17.9. The summed E-state index contributed by atoms with van der Waals surface area (Å²) >= 11 is 0. The molecule has 2 unspecified atom stereocenters. The molecule has 0 aliphatic heterocycles. The molecule has 1 heterocycles. The molecule has 29 heavy (non-hydrogen) atoms. The van der Waals surface area contributed by atoms with Gasteiger partial charge in [-0.3, -0.25) is 4.98 Å². The quantitative estimate of drug-likeness (QED) is 0.724. The van der Waals surface area contributed by atoms with Gasteiger partial charge in [0, 0.05) is 29.1 Å². The second-order valence-corrected chi connectivity index (χ2v) is 9.15. The largest absolute Gasteiger partial charge is 0.497 e. The van der Waals surface area contributed by atoms with Gasteiger partial charge in [-0.05, 0) is 55.8 Å². The molecule has 4 nitrogen and oxygen atoms in total. The van der Waals surface area contributed by atoms with E-state index in [0.717, 1.165) is 46.4 Å². The lowest BCUT2D eigenvalue weighted by Gasteiger charge is -2.51. The van der Waals surface area contributed by atoms with Crippen molar-refractivity contribution in [1.29, 1.82) is 0 Å². The minimum Gasteiger partial charge on any atom is -0.497 e. The minimum atomic E-state index is -1.16. The average molecular weight is 391 g/mol. The molecule has 0 amide bonds. The summed E-state index contributed by atoms with van der Waals surface area (Å²) in [6.45, 7) is 5.26. The van der Waals surface area contributed by atoms with Gasteiger partial charge in [-0.2, -0.15) is 0 Å². The van der Waals surface area contributed by atoms with Crippen LogP contribution in [0.1, 0.15) is 30.7 Å². The van der Waals surface area contributed by atoms with Gasteiger partial charge in [0.15, 0.2) is 0 Å². The number of fused-ring (bicyclic) bond motifs is 2. The van der Waals surface area contributed by atoms with E-state index >= 15 is 0 Å². The van der Waals surface area contributed by atoms with Crippen molar-refractivity contribution < 1.29 is 9.84 Å². The first-order chi connectivity index (χ1) is 13.8. The molecule has 0 fully saturated rings. The zero-order chi connectivity index (χ0) is 20.8. The summed E-state index contributed by atoms with van der Waals surface area (Å²) in [7, 11) is 5.79. The number of aromatic nitrogens is 1. The normalized spacial score (nSPS) is 23.2. The van der Waals surface area contributed by atoms with Crippen molar-refractivity contribution in [3.05, 3.63) is 71.4 Å². The van der Waals surface area contributed by atoms with E-state index < -0.39 is 5.60 Å². The maximum absolute atomic E-state index is 12.5. The minimum absolute atomic E-state index is 0.00688. The topological polar surface area (TPSA) is 45.6 Å². The van der Waals surface area contributed by atoms with E-state index in [2.05, 4.69) is 45.0 Å². The highest BCUT2D eigenvalue weighted by Crippen LogP contribution is 2.53. The van der Waals surface area contributed by atoms with Gasteiger partial charge in [-0.15, -0.1) is 0 Å². The Balaban J connectivity index is 2.03. The Bertz CT molecular complexity index is 1040. The van der Waals surface area contributed by atoms with E-state index in [-0.39, 0.29) is 11.3 Å². The molecular formula is C25H30N2O2. The molecular weight excluding hydrogens is 360 g/mol. The molecule has 0 saturated heterocycles. The Labute approximate surface area is 173 Å². The smallest absolute Gasteiger partial charge is 0.121 e. The zero-order valence-corrected chi connectivity index (χ0v) is 17.9. The highest BCUT2D eigenvalue weighted by Gasteiger charge is 2.53. The van der Waals surface area contributed by atoms with Crippen molar-refractivity contribution >= 4 is 10.9 Å². The van der Waals surface area contributed by atoms with Crippen LogP contribution in [0.3, 0.4) is 0 Å². The number of benzene rings is 2. The summed E-state index contributed by atoms with van der Waals surface area (Å²) in [6.07, 6.45) is 0.831. The predicted octanol–water partition coefficient (Wildman–Crippen LogP) is 4.24. The number of aliphatic hydroxyl groups is 1. The average Bonchev–Trinajstić information content (AvgIpc) is 2.69. The molecule has 1 N–H and O–H groups in total. The molecule has 2 atom stereocenters. The maximum Gasteiger partial charge on any atom is 0.121 e. The Morgan fingerprint density at radius 1 is 1.10 bits per heavy atom. The van der Waals surface area contributed by atoms with Gasteiger partial charge < -0.3 is 14.7 Å². The van der Waals surface area contributed by atoms with Gasteiger partial charge in [0.05, 0.1) is 12.6 Å². The standard InChI is InChI=1S/C25H30N2O2/c1-24(2)15-22-20(13-17-9-6-7-12-21(17)26-22)25(28,23(24)16-27(3)4)18-10-8-11-19(14-18)29-5/h6-14,23,28H,15-16H2,1-5H3. The summed E-state index contributed by atoms with van der Waals surface area (Å²) in [5.74, 6) is 0.741. The first-order valence-corrected chi connectivity index (χ1v) is 10.2. The fraction of sp³-hybridized carbons (Fsp3) is 0.400. The van der Waals surface area contributed by atoms with Crippen molar-refractivity contribution in [2.75, 3.05) is 27.7 Å². The summed E-state index contributed by atoms with van der Waals surface area (Å²) < 4.78 is 5.48. The van der Waals surface area contributed by atoms with Crippen LogP contribution in [0.15, 0.2) is 54.6 Å². The number of hydrogen-bond acceptors (Lipinski definition) is 4. The molecule has 0 bridgehead atoms. The van der Waals surface area contributed by atoms with Crippen LogP contribution in [0, 0.1) is 11.3 Å². The molecule has 0 spiro atoms. The third-order valence-corrected chi connectivity index (χ3v) is 6.34. The summed E-state index contributed by atoms with van der Waals surface area (Å²) in [6, 6.07) is 18.1. The van der Waals surface area contributed by atoms with Crippen molar-refractivity contribution in [2.45, 2.75) is 25.9 Å². The fourth-order valence-corrected chi connectivity index (χ4v) is 4.89. The second kappa shape index (κ2) is 7.12. The van der Waals surface area contributed by atoms with Crippen LogP contribution in [0.2, 0.25) is 0 Å². The SMILES string of the molecule is COc1cccc(C2(O)c3cc4ccccc4nc3CC(C)(C)C2CN(C)C)c1. The molecule has 152 valence electrons. The first-order valence-electron chi connectivity index (χ1n) is 10.2. The second-order valence-electron chi connectivity index (χ2n) is 9.15. The lowest BCUT2D eigenvalue weighted by molar-refractivity contribution is -0.0631. The summed E-state index contributed by atoms with van der Waals surface area (Å²) in [5, 5.41) is 13.5. The molecule has 0 radical (unpaired) electrons. The fourth-order valence-electron chi connectivity index (χ4n) is 4.89. The van der Waals surface area contributed by atoms with E-state index in [9.17, 15) is 5.11 Å². The molecule has 1 aliphatic carbocycles. The lowest BCUT2D eigenvalue weighted by atomic mass is 9.58. The maximum atomic E-state index is 12.5. The Hall–Kier alpha value is -2.43. The van der Waals surface area contributed by atoms with Crippen molar-refractivity contribution in [1.82, 2.24) is 9.88 Å². The molecule has 1 aromatic heterocycles. The van der Waals surface area contributed by atoms with Crippen molar-refractivity contribution in [3.63, 3.8) is 0 Å². The van der Waals surface area contributed by atoms with Gasteiger partial charge in [0.2, 0.25) is 0 Å². The Morgan fingerprint density at radius 2 is 1.86 bits per heavy atom. The third-order valence-electron chi connectivity index (χ3n) is 6.34. The van der Waals surface area contributed by atoms with E-state index in [1.165, 1.54) is 0 Å². The summed E-state index contributed by atoms with van der Waals surface area (Å²) in [4.78, 5) is 7.15. The highest BCUT2D eigenvalue weighted by molar-refractivity contribution is 5.80. The van der Waals surface area contributed by atoms with Crippen molar-refractivity contribution in [2.24, 2.45) is 11.3 Å². The number of pyridine rings is 1. The van der Waals surface area contributed by atoms with E-state index in [1.54, 1.807) is 7.11 Å². The van der Waals surface area contributed by atoms with Crippen LogP contribution in [-0.4, -0.2) is 42.7 Å². The molecule has 4 heteroatoms. The first kappa shape index (κ1) is 19.9. The number of ether oxygens (including phenoxy) is 1. The number of para-hydroxylation sites is 1. The Kier molecular flexibility index (Phi) is 4.88. The lowest BCUT2D eigenvalue weighted by Crippen LogP contribution is -2.53. The van der Waals surface area contributed by atoms with Gasteiger partial charge >= 0.3 is 0 Å². The van der Waals surface area contributed by atoms with E-state index in [0.29, 0.717) is 0 Å². The van der Waals surface area contributed by atoms with Gasteiger partial charge in [0.25, 0.3) is 0 Å². The molecule has 3 aromatic rings. The van der Waals surface area contributed by atoms with Gasteiger partial charge in [0.1, 0.15) is 11.4 Å². The van der Waals surface area contributed by atoms with Crippen LogP contribution in [-0.2, 0) is 12.0 Å².